The second kappa shape index (κ2) is 7.39. The SMILES string of the molecule is O=[N+]([O-])c1cccc([C@]2(O)C[N+]3=C(CCCCC3)N2c2cccc(C(F)(F)F)c2)c1. The number of hydrogen-bond donors (Lipinski definition) is 1. The van der Waals surface area contributed by atoms with E-state index in [1.807, 2.05) is 4.58 Å². The fourth-order valence-electron chi connectivity index (χ4n) is 4.30. The molecule has 158 valence electrons. The van der Waals surface area contributed by atoms with E-state index < -0.39 is 22.4 Å². The van der Waals surface area contributed by atoms with Gasteiger partial charge >= 0.3 is 6.18 Å². The Bertz CT molecular complexity index is 1020. The van der Waals surface area contributed by atoms with Crippen LogP contribution in [0.25, 0.3) is 0 Å². The van der Waals surface area contributed by atoms with Crippen molar-refractivity contribution in [1.29, 1.82) is 0 Å². The van der Waals surface area contributed by atoms with Gasteiger partial charge in [-0.05, 0) is 37.5 Å². The third-order valence-corrected chi connectivity index (χ3v) is 5.68. The molecule has 1 N–H and O–H groups in total. The summed E-state index contributed by atoms with van der Waals surface area (Å²) in [6, 6.07) is 10.5. The standard InChI is InChI=1S/C21H21F3N3O3/c22-21(23,24)16-7-5-8-17(13-16)26-19-10-2-1-3-11-25(19)14-20(26,28)15-6-4-9-18(12-15)27(29)30/h4-9,12-13,28H,1-3,10-11,14H2/q+1/t20-/m1/s1. The molecule has 2 aliphatic rings. The minimum absolute atomic E-state index is 0.125. The number of halogens is 3. The third-order valence-electron chi connectivity index (χ3n) is 5.68. The maximum atomic E-state index is 13.3. The van der Waals surface area contributed by atoms with Crippen LogP contribution in [0.1, 0.15) is 36.8 Å². The van der Waals surface area contributed by atoms with E-state index in [1.54, 1.807) is 6.07 Å². The van der Waals surface area contributed by atoms with Crippen molar-refractivity contribution in [2.24, 2.45) is 0 Å². The Kier molecular flexibility index (Phi) is 5.01. The van der Waals surface area contributed by atoms with Crippen molar-refractivity contribution in [1.82, 2.24) is 0 Å². The van der Waals surface area contributed by atoms with E-state index in [0.29, 0.717) is 13.0 Å². The molecule has 0 bridgehead atoms. The predicted molar refractivity (Wildman–Crippen MR) is 104 cm³/mol. The molecule has 1 atom stereocenters. The van der Waals surface area contributed by atoms with Crippen LogP contribution in [0.2, 0.25) is 0 Å². The molecule has 0 radical (unpaired) electrons. The summed E-state index contributed by atoms with van der Waals surface area (Å²) in [5.41, 5.74) is -2.23. The Labute approximate surface area is 171 Å². The first-order valence-corrected chi connectivity index (χ1v) is 9.76. The van der Waals surface area contributed by atoms with Crippen LogP contribution in [-0.2, 0) is 11.9 Å². The summed E-state index contributed by atoms with van der Waals surface area (Å²) < 4.78 is 42.0. The molecule has 30 heavy (non-hydrogen) atoms. The van der Waals surface area contributed by atoms with E-state index in [2.05, 4.69) is 0 Å². The van der Waals surface area contributed by atoms with Crippen LogP contribution in [0, 0.1) is 10.1 Å². The van der Waals surface area contributed by atoms with Crippen molar-refractivity contribution in [2.75, 3.05) is 18.0 Å². The summed E-state index contributed by atoms with van der Waals surface area (Å²) in [7, 11) is 0. The molecule has 4 rings (SSSR count). The van der Waals surface area contributed by atoms with Gasteiger partial charge in [-0.1, -0.05) is 18.2 Å². The zero-order valence-electron chi connectivity index (χ0n) is 16.1. The van der Waals surface area contributed by atoms with Crippen LogP contribution in [-0.4, -0.2) is 33.5 Å². The molecular weight excluding hydrogens is 399 g/mol. The molecule has 2 aromatic carbocycles. The monoisotopic (exact) mass is 420 g/mol. The molecule has 2 heterocycles. The van der Waals surface area contributed by atoms with Crippen LogP contribution in [0.3, 0.4) is 0 Å². The van der Waals surface area contributed by atoms with Gasteiger partial charge < -0.3 is 5.11 Å². The van der Waals surface area contributed by atoms with Gasteiger partial charge in [0.2, 0.25) is 0 Å². The molecule has 2 aromatic rings. The number of rotatable bonds is 3. The second-order valence-electron chi connectivity index (χ2n) is 7.66. The molecule has 9 heteroatoms. The van der Waals surface area contributed by atoms with E-state index in [9.17, 15) is 28.4 Å². The highest BCUT2D eigenvalue weighted by molar-refractivity contribution is 5.97. The van der Waals surface area contributed by atoms with Crippen molar-refractivity contribution in [3.05, 3.63) is 69.8 Å². The van der Waals surface area contributed by atoms with Crippen molar-refractivity contribution in [3.63, 3.8) is 0 Å². The number of non-ortho nitro benzene ring substituents is 1. The Morgan fingerprint density at radius 2 is 1.87 bits per heavy atom. The van der Waals surface area contributed by atoms with Crippen LogP contribution in [0.4, 0.5) is 24.5 Å². The molecule has 0 fully saturated rings. The highest BCUT2D eigenvalue weighted by Crippen LogP contribution is 2.40. The fourth-order valence-corrected chi connectivity index (χ4v) is 4.30. The van der Waals surface area contributed by atoms with Gasteiger partial charge in [0, 0.05) is 24.1 Å². The Morgan fingerprint density at radius 1 is 1.10 bits per heavy atom. The lowest BCUT2D eigenvalue weighted by Gasteiger charge is -2.29. The summed E-state index contributed by atoms with van der Waals surface area (Å²) in [4.78, 5) is 12.2. The largest absolute Gasteiger partial charge is 0.416 e. The highest BCUT2D eigenvalue weighted by Gasteiger charge is 2.54. The highest BCUT2D eigenvalue weighted by atomic mass is 19.4. The number of hydrogen-bond acceptors (Lipinski definition) is 4. The maximum Gasteiger partial charge on any atom is 0.416 e. The molecule has 0 saturated carbocycles. The predicted octanol–water partition coefficient (Wildman–Crippen LogP) is 4.26. The van der Waals surface area contributed by atoms with E-state index >= 15 is 0 Å². The van der Waals surface area contributed by atoms with Gasteiger partial charge in [-0.25, -0.2) is 0 Å². The zero-order valence-corrected chi connectivity index (χ0v) is 16.1. The minimum Gasteiger partial charge on any atom is -0.346 e. The van der Waals surface area contributed by atoms with E-state index in [4.69, 9.17) is 0 Å². The topological polar surface area (TPSA) is 69.6 Å². The van der Waals surface area contributed by atoms with Gasteiger partial charge in [0.1, 0.15) is 5.69 Å². The summed E-state index contributed by atoms with van der Waals surface area (Å²) in [5.74, 6) is 0.737. The van der Waals surface area contributed by atoms with Crippen LogP contribution in [0.15, 0.2) is 48.5 Å². The molecule has 0 amide bonds. The van der Waals surface area contributed by atoms with Crippen molar-refractivity contribution < 1.29 is 27.8 Å². The summed E-state index contributed by atoms with van der Waals surface area (Å²) in [6.45, 7) is 0.793. The molecule has 0 unspecified atom stereocenters. The number of aliphatic hydroxyl groups is 1. The lowest BCUT2D eigenvalue weighted by atomic mass is 9.99. The van der Waals surface area contributed by atoms with E-state index in [-0.39, 0.29) is 23.5 Å². The zero-order chi connectivity index (χ0) is 21.5. The van der Waals surface area contributed by atoms with Crippen LogP contribution in [0.5, 0.6) is 0 Å². The first-order valence-electron chi connectivity index (χ1n) is 9.76. The van der Waals surface area contributed by atoms with Crippen molar-refractivity contribution >= 4 is 17.2 Å². The average molecular weight is 420 g/mol. The average Bonchev–Trinajstić information content (AvgIpc) is 2.83. The smallest absolute Gasteiger partial charge is 0.346 e. The first-order chi connectivity index (χ1) is 14.2. The summed E-state index contributed by atoms with van der Waals surface area (Å²) >= 11 is 0. The van der Waals surface area contributed by atoms with Gasteiger partial charge in [0.15, 0.2) is 6.54 Å². The summed E-state index contributed by atoms with van der Waals surface area (Å²) in [6.07, 6.45) is -1.16. The van der Waals surface area contributed by atoms with Crippen molar-refractivity contribution in [2.45, 2.75) is 37.6 Å². The van der Waals surface area contributed by atoms with Gasteiger partial charge in [0.25, 0.3) is 17.2 Å². The molecule has 2 aliphatic heterocycles. The quantitative estimate of drug-likeness (QED) is 0.458. The van der Waals surface area contributed by atoms with Crippen LogP contribution < -0.4 is 4.90 Å². The fraction of sp³-hybridized carbons (Fsp3) is 0.381. The third kappa shape index (κ3) is 3.54. The first kappa shape index (κ1) is 20.3. The van der Waals surface area contributed by atoms with Crippen molar-refractivity contribution in [3.8, 4) is 0 Å². The van der Waals surface area contributed by atoms with Gasteiger partial charge in [0.05, 0.1) is 17.0 Å². The Morgan fingerprint density at radius 3 is 2.60 bits per heavy atom. The number of alkyl halides is 3. The Hall–Kier alpha value is -2.94. The second-order valence-corrected chi connectivity index (χ2v) is 7.66. The summed E-state index contributed by atoms with van der Waals surface area (Å²) in [5, 5.41) is 23.0. The molecule has 0 aliphatic carbocycles. The van der Waals surface area contributed by atoms with Crippen LogP contribution >= 0.6 is 0 Å². The van der Waals surface area contributed by atoms with Gasteiger partial charge in [-0.15, -0.1) is 0 Å². The number of nitro groups is 1. The van der Waals surface area contributed by atoms with Gasteiger partial charge in [-0.2, -0.15) is 18.1 Å². The molecule has 0 aromatic heterocycles. The molecular formula is C21H21F3N3O3+. The molecule has 0 saturated heterocycles. The number of benzene rings is 2. The maximum absolute atomic E-state index is 13.3. The number of nitro benzene ring substituents is 1. The number of amidine groups is 1. The minimum atomic E-state index is -4.52. The van der Waals surface area contributed by atoms with E-state index in [0.717, 1.165) is 37.2 Å². The Balaban J connectivity index is 1.87. The van der Waals surface area contributed by atoms with Gasteiger partial charge in [-0.3, -0.25) is 14.7 Å². The number of nitrogens with zero attached hydrogens (tertiary/aromatic N) is 3. The lowest BCUT2D eigenvalue weighted by molar-refractivity contribution is -0.534. The number of anilines is 1. The van der Waals surface area contributed by atoms with E-state index in [1.165, 1.54) is 35.2 Å². The normalized spacial score (nSPS) is 22.1. The molecule has 6 nitrogen and oxygen atoms in total. The lowest BCUT2D eigenvalue weighted by Crippen LogP contribution is -2.47. The molecule has 0 spiro atoms.